The van der Waals surface area contributed by atoms with Crippen LogP contribution in [0, 0.1) is 5.82 Å². The minimum absolute atomic E-state index is 0.204. The number of hydrogen-bond acceptors (Lipinski definition) is 4. The Hall–Kier alpha value is -3.29. The van der Waals surface area contributed by atoms with Crippen molar-refractivity contribution in [3.05, 3.63) is 76.5 Å². The first kappa shape index (κ1) is 16.6. The van der Waals surface area contributed by atoms with E-state index in [2.05, 4.69) is 10.4 Å². The molecule has 0 saturated heterocycles. The van der Waals surface area contributed by atoms with E-state index in [9.17, 15) is 14.0 Å². The molecule has 8 heteroatoms. The molecule has 0 N–H and O–H groups in total. The third kappa shape index (κ3) is 3.47. The van der Waals surface area contributed by atoms with E-state index in [0.717, 1.165) is 16.3 Å². The van der Waals surface area contributed by atoms with Gasteiger partial charge in [0.05, 0.1) is 5.69 Å². The number of nitrogens with zero attached hydrogens (tertiary/aromatic N) is 5. The number of carbonyl (C=O) groups is 1. The van der Waals surface area contributed by atoms with E-state index in [1.165, 1.54) is 23.1 Å². The maximum atomic E-state index is 13.3. The van der Waals surface area contributed by atoms with E-state index in [-0.39, 0.29) is 5.69 Å². The second-order valence-corrected chi connectivity index (χ2v) is 5.35. The highest BCUT2D eigenvalue weighted by molar-refractivity contribution is 5.75. The lowest BCUT2D eigenvalue weighted by Gasteiger charge is -2.19. The van der Waals surface area contributed by atoms with Gasteiger partial charge >= 0.3 is 11.7 Å². The third-order valence-corrected chi connectivity index (χ3v) is 3.68. The fraction of sp³-hybridized carbons (Fsp3) is 0.176. The molecule has 0 aliphatic carbocycles. The molecule has 128 valence electrons. The van der Waals surface area contributed by atoms with Crippen LogP contribution >= 0.6 is 0 Å². The van der Waals surface area contributed by atoms with Crippen molar-refractivity contribution in [3.63, 3.8) is 0 Å². The summed E-state index contributed by atoms with van der Waals surface area (Å²) in [6.07, 6.45) is 0. The van der Waals surface area contributed by atoms with Crippen LogP contribution in [0.4, 0.5) is 9.18 Å². The molecular formula is C17H16FN5O2. The molecule has 0 radical (unpaired) electrons. The Balaban J connectivity index is 1.88. The van der Waals surface area contributed by atoms with E-state index in [4.69, 9.17) is 0 Å². The summed E-state index contributed by atoms with van der Waals surface area (Å²) in [5.41, 5.74) is 0.389. The molecule has 0 bridgehead atoms. The van der Waals surface area contributed by atoms with Crippen molar-refractivity contribution in [2.45, 2.75) is 13.5 Å². The minimum atomic E-state index is -0.748. The van der Waals surface area contributed by atoms with Crippen LogP contribution in [-0.2, 0) is 6.54 Å². The molecule has 3 aromatic rings. The van der Waals surface area contributed by atoms with Crippen LogP contribution in [0.1, 0.15) is 12.5 Å². The molecule has 7 nitrogen and oxygen atoms in total. The number of benzene rings is 2. The van der Waals surface area contributed by atoms with Gasteiger partial charge in [0.2, 0.25) is 0 Å². The lowest BCUT2D eigenvalue weighted by atomic mass is 10.2. The summed E-state index contributed by atoms with van der Waals surface area (Å²) >= 11 is 0. The van der Waals surface area contributed by atoms with Crippen molar-refractivity contribution in [1.82, 2.24) is 24.7 Å². The summed E-state index contributed by atoms with van der Waals surface area (Å²) in [7, 11) is 0. The van der Waals surface area contributed by atoms with Crippen LogP contribution in [0.15, 0.2) is 59.4 Å². The highest BCUT2D eigenvalue weighted by atomic mass is 19.1. The number of hydrogen-bond donors (Lipinski definition) is 0. The third-order valence-electron chi connectivity index (χ3n) is 3.68. The Morgan fingerprint density at radius 3 is 2.56 bits per heavy atom. The number of rotatable bonds is 4. The fourth-order valence-corrected chi connectivity index (χ4v) is 2.39. The van der Waals surface area contributed by atoms with E-state index < -0.39 is 17.5 Å². The number of carbonyl (C=O) groups excluding carboxylic acids is 1. The summed E-state index contributed by atoms with van der Waals surface area (Å²) in [4.78, 5) is 26.5. The van der Waals surface area contributed by atoms with Crippen molar-refractivity contribution >= 4 is 6.03 Å². The molecule has 0 atom stereocenters. The molecular weight excluding hydrogens is 325 g/mol. The van der Waals surface area contributed by atoms with Crippen molar-refractivity contribution in [2.24, 2.45) is 0 Å². The molecule has 2 aromatic carbocycles. The lowest BCUT2D eigenvalue weighted by Crippen LogP contribution is -2.40. The van der Waals surface area contributed by atoms with E-state index in [1.807, 2.05) is 37.3 Å². The Morgan fingerprint density at radius 1 is 1.12 bits per heavy atom. The second kappa shape index (κ2) is 7.08. The van der Waals surface area contributed by atoms with Crippen molar-refractivity contribution in [2.75, 3.05) is 6.54 Å². The summed E-state index contributed by atoms with van der Waals surface area (Å²) in [5.74, 6) is -0.510. The molecule has 0 fully saturated rings. The Labute approximate surface area is 142 Å². The zero-order valence-electron chi connectivity index (χ0n) is 13.5. The van der Waals surface area contributed by atoms with Crippen molar-refractivity contribution < 1.29 is 9.18 Å². The first-order valence-electron chi connectivity index (χ1n) is 7.74. The fourth-order valence-electron chi connectivity index (χ4n) is 2.39. The average molecular weight is 341 g/mol. The van der Waals surface area contributed by atoms with Gasteiger partial charge in [0.1, 0.15) is 5.82 Å². The first-order valence-corrected chi connectivity index (χ1v) is 7.74. The molecule has 3 rings (SSSR count). The predicted octanol–water partition coefficient (Wildman–Crippen LogP) is 2.06. The van der Waals surface area contributed by atoms with Gasteiger partial charge in [-0.1, -0.05) is 36.4 Å². The lowest BCUT2D eigenvalue weighted by molar-refractivity contribution is 0.195. The highest BCUT2D eigenvalue weighted by Crippen LogP contribution is 2.07. The monoisotopic (exact) mass is 341 g/mol. The van der Waals surface area contributed by atoms with Gasteiger partial charge < -0.3 is 4.90 Å². The Bertz CT molecular complexity index is 935. The SMILES string of the molecule is CCN(Cc1ccccc1)C(=O)n1nnn(-c2cccc(F)c2)c1=O. The topological polar surface area (TPSA) is 73.0 Å². The molecule has 1 heterocycles. The number of amides is 1. The normalized spacial score (nSPS) is 10.6. The number of tetrazole rings is 1. The van der Waals surface area contributed by atoms with Crippen LogP contribution in [0.25, 0.3) is 5.69 Å². The van der Waals surface area contributed by atoms with Crippen LogP contribution < -0.4 is 5.69 Å². The zero-order chi connectivity index (χ0) is 17.8. The second-order valence-electron chi connectivity index (χ2n) is 5.35. The summed E-state index contributed by atoms with van der Waals surface area (Å²) < 4.78 is 14.9. The largest absolute Gasteiger partial charge is 0.377 e. The van der Waals surface area contributed by atoms with Gasteiger partial charge in [-0.2, -0.15) is 4.68 Å². The van der Waals surface area contributed by atoms with Crippen LogP contribution in [-0.4, -0.2) is 37.3 Å². The quantitative estimate of drug-likeness (QED) is 0.681. The molecule has 0 spiro atoms. The molecule has 0 saturated carbocycles. The number of aromatic nitrogens is 4. The van der Waals surface area contributed by atoms with E-state index in [0.29, 0.717) is 17.8 Å². The minimum Gasteiger partial charge on any atom is -0.319 e. The molecule has 1 amide bonds. The van der Waals surface area contributed by atoms with Gasteiger partial charge in [0.25, 0.3) is 0 Å². The zero-order valence-corrected chi connectivity index (χ0v) is 13.5. The Kier molecular flexibility index (Phi) is 4.69. The molecule has 25 heavy (non-hydrogen) atoms. The average Bonchev–Trinajstić information content (AvgIpc) is 3.01. The van der Waals surface area contributed by atoms with Crippen LogP contribution in [0.5, 0.6) is 0 Å². The first-order chi connectivity index (χ1) is 12.1. The van der Waals surface area contributed by atoms with Gasteiger partial charge in [0.15, 0.2) is 0 Å². The van der Waals surface area contributed by atoms with Gasteiger partial charge in [-0.3, -0.25) is 0 Å². The van der Waals surface area contributed by atoms with Gasteiger partial charge in [0, 0.05) is 13.1 Å². The maximum absolute atomic E-state index is 13.3. The van der Waals surface area contributed by atoms with Crippen molar-refractivity contribution in [3.8, 4) is 5.69 Å². The standard InChI is InChI=1S/C17H16FN5O2/c1-2-21(12-13-7-4-3-5-8-13)16(24)23-17(25)22(19-20-23)15-10-6-9-14(18)11-15/h3-11H,2,12H2,1H3. The van der Waals surface area contributed by atoms with Gasteiger partial charge in [-0.05, 0) is 41.1 Å². The maximum Gasteiger partial charge on any atom is 0.377 e. The molecule has 0 aliphatic heterocycles. The van der Waals surface area contributed by atoms with Crippen molar-refractivity contribution in [1.29, 1.82) is 0 Å². The van der Waals surface area contributed by atoms with Crippen LogP contribution in [0.2, 0.25) is 0 Å². The molecule has 0 unspecified atom stereocenters. The van der Waals surface area contributed by atoms with E-state index >= 15 is 0 Å². The van der Waals surface area contributed by atoms with Crippen LogP contribution in [0.3, 0.4) is 0 Å². The summed E-state index contributed by atoms with van der Waals surface area (Å²) in [5, 5.41) is 7.31. The summed E-state index contributed by atoms with van der Waals surface area (Å²) in [6.45, 7) is 2.55. The van der Waals surface area contributed by atoms with Gasteiger partial charge in [-0.25, -0.2) is 14.0 Å². The molecule has 0 aliphatic rings. The molecule has 1 aromatic heterocycles. The Morgan fingerprint density at radius 2 is 1.88 bits per heavy atom. The summed E-state index contributed by atoms with van der Waals surface area (Å²) in [6, 6.07) is 14.2. The van der Waals surface area contributed by atoms with E-state index in [1.54, 1.807) is 0 Å². The van der Waals surface area contributed by atoms with Gasteiger partial charge in [-0.15, -0.1) is 4.68 Å². The highest BCUT2D eigenvalue weighted by Gasteiger charge is 2.20. The predicted molar refractivity (Wildman–Crippen MR) is 88.9 cm³/mol. The smallest absolute Gasteiger partial charge is 0.319 e. The number of halogens is 1.